The highest BCUT2D eigenvalue weighted by Crippen LogP contribution is 2.05. The second kappa shape index (κ2) is 8.43. The zero-order chi connectivity index (χ0) is 15.0. The number of rotatable bonds is 7. The minimum atomic E-state index is -1.00. The summed E-state index contributed by atoms with van der Waals surface area (Å²) in [5, 5.41) is 11.5. The number of amides is 1. The molecule has 0 aliphatic heterocycles. The van der Waals surface area contributed by atoms with Gasteiger partial charge in [-0.1, -0.05) is 29.8 Å². The Morgan fingerprint density at radius 2 is 2.00 bits per heavy atom. The van der Waals surface area contributed by atoms with Crippen LogP contribution in [-0.2, 0) is 9.59 Å². The van der Waals surface area contributed by atoms with Gasteiger partial charge >= 0.3 is 5.97 Å². The van der Waals surface area contributed by atoms with Gasteiger partial charge in [0.25, 0.3) is 0 Å². The van der Waals surface area contributed by atoms with Crippen molar-refractivity contribution >= 4 is 29.7 Å². The Balaban J connectivity index is 2.56. The second-order valence-corrected chi connectivity index (χ2v) is 5.41. The molecular weight excluding hydrogens is 274 g/mol. The summed E-state index contributed by atoms with van der Waals surface area (Å²) in [5.74, 6) is -0.700. The van der Waals surface area contributed by atoms with E-state index < -0.39 is 12.0 Å². The zero-order valence-corrected chi connectivity index (χ0v) is 12.4. The number of hydrogen-bond donors (Lipinski definition) is 2. The molecule has 0 fully saturated rings. The summed E-state index contributed by atoms with van der Waals surface area (Å²) < 4.78 is 0. The van der Waals surface area contributed by atoms with Crippen molar-refractivity contribution in [3.8, 4) is 0 Å². The Morgan fingerprint density at radius 1 is 1.35 bits per heavy atom. The van der Waals surface area contributed by atoms with Crippen LogP contribution in [0.25, 0.3) is 6.08 Å². The molecule has 4 nitrogen and oxygen atoms in total. The number of benzene rings is 1. The van der Waals surface area contributed by atoms with Gasteiger partial charge in [0.15, 0.2) is 0 Å². The van der Waals surface area contributed by atoms with Crippen LogP contribution in [-0.4, -0.2) is 35.0 Å². The van der Waals surface area contributed by atoms with Crippen molar-refractivity contribution in [3.05, 3.63) is 41.5 Å². The molecule has 0 aliphatic rings. The molecule has 0 saturated carbocycles. The molecule has 1 aromatic rings. The number of carboxylic acids is 1. The number of nitrogens with one attached hydrogen (secondary N) is 1. The number of carboxylic acid groups (broad SMARTS) is 1. The van der Waals surface area contributed by atoms with Gasteiger partial charge < -0.3 is 10.4 Å². The number of carbonyl (C=O) groups excluding carboxylic acids is 1. The highest BCUT2D eigenvalue weighted by atomic mass is 32.2. The molecule has 0 bridgehead atoms. The van der Waals surface area contributed by atoms with Crippen LogP contribution in [0.5, 0.6) is 0 Å². The maximum Gasteiger partial charge on any atom is 0.326 e. The van der Waals surface area contributed by atoms with Crippen LogP contribution in [0.2, 0.25) is 0 Å². The Morgan fingerprint density at radius 3 is 2.55 bits per heavy atom. The van der Waals surface area contributed by atoms with Crippen molar-refractivity contribution in [1.29, 1.82) is 0 Å². The topological polar surface area (TPSA) is 66.4 Å². The lowest BCUT2D eigenvalue weighted by atomic mass is 10.1. The number of aliphatic carboxylic acids is 1. The first kappa shape index (κ1) is 16.3. The predicted molar refractivity (Wildman–Crippen MR) is 82.8 cm³/mol. The van der Waals surface area contributed by atoms with E-state index in [9.17, 15) is 9.59 Å². The summed E-state index contributed by atoms with van der Waals surface area (Å²) in [4.78, 5) is 22.7. The third-order valence-electron chi connectivity index (χ3n) is 2.73. The quantitative estimate of drug-likeness (QED) is 0.757. The van der Waals surface area contributed by atoms with Crippen molar-refractivity contribution in [2.24, 2.45) is 0 Å². The molecule has 1 atom stereocenters. The largest absolute Gasteiger partial charge is 0.480 e. The average molecular weight is 293 g/mol. The lowest BCUT2D eigenvalue weighted by Crippen LogP contribution is -2.40. The molecule has 108 valence electrons. The van der Waals surface area contributed by atoms with Gasteiger partial charge in [-0.15, -0.1) is 0 Å². The predicted octanol–water partition coefficient (Wildman–Crippen LogP) is 2.33. The molecule has 0 saturated heterocycles. The standard InChI is InChI=1S/C15H19NO3S/c1-11-3-5-12(6-4-11)7-8-14(17)16-13(15(18)19)9-10-20-2/h3-8,13H,9-10H2,1-2H3,(H,16,17)(H,18,19)/b8-7+. The van der Waals surface area contributed by atoms with Gasteiger partial charge in [0.05, 0.1) is 0 Å². The summed E-state index contributed by atoms with van der Waals surface area (Å²) in [6.07, 6.45) is 5.35. The summed E-state index contributed by atoms with van der Waals surface area (Å²) in [6.45, 7) is 1.99. The molecule has 0 radical (unpaired) electrons. The minimum Gasteiger partial charge on any atom is -0.480 e. The summed E-state index contributed by atoms with van der Waals surface area (Å²) in [6, 6.07) is 6.88. The van der Waals surface area contributed by atoms with E-state index in [0.717, 1.165) is 11.1 Å². The fourth-order valence-electron chi connectivity index (χ4n) is 1.56. The molecule has 0 aromatic heterocycles. The smallest absolute Gasteiger partial charge is 0.326 e. The third-order valence-corrected chi connectivity index (χ3v) is 3.37. The first-order valence-electron chi connectivity index (χ1n) is 6.30. The molecule has 0 heterocycles. The van der Waals surface area contributed by atoms with Gasteiger partial charge in [-0.3, -0.25) is 4.79 Å². The molecule has 2 N–H and O–H groups in total. The van der Waals surface area contributed by atoms with E-state index in [4.69, 9.17) is 5.11 Å². The number of aryl methyl sites for hydroxylation is 1. The van der Waals surface area contributed by atoms with Crippen molar-refractivity contribution in [1.82, 2.24) is 5.32 Å². The molecule has 1 rings (SSSR count). The van der Waals surface area contributed by atoms with E-state index in [0.29, 0.717) is 12.2 Å². The van der Waals surface area contributed by atoms with Crippen molar-refractivity contribution in [3.63, 3.8) is 0 Å². The fourth-order valence-corrected chi connectivity index (χ4v) is 2.03. The molecule has 1 amide bonds. The summed E-state index contributed by atoms with van der Waals surface area (Å²) in [5.41, 5.74) is 2.05. The number of thioether (sulfide) groups is 1. The van der Waals surface area contributed by atoms with Crippen molar-refractivity contribution < 1.29 is 14.7 Å². The van der Waals surface area contributed by atoms with Crippen LogP contribution in [0.15, 0.2) is 30.3 Å². The van der Waals surface area contributed by atoms with Crippen molar-refractivity contribution in [2.75, 3.05) is 12.0 Å². The molecule has 1 aromatic carbocycles. The van der Waals surface area contributed by atoms with Crippen LogP contribution >= 0.6 is 11.8 Å². The zero-order valence-electron chi connectivity index (χ0n) is 11.6. The minimum absolute atomic E-state index is 0.390. The lowest BCUT2D eigenvalue weighted by molar-refractivity contribution is -0.141. The second-order valence-electron chi connectivity index (χ2n) is 4.42. The number of hydrogen-bond acceptors (Lipinski definition) is 3. The van der Waals surface area contributed by atoms with Crippen LogP contribution < -0.4 is 5.32 Å². The van der Waals surface area contributed by atoms with Gasteiger partial charge in [-0.2, -0.15) is 11.8 Å². The van der Waals surface area contributed by atoms with Crippen LogP contribution in [0.1, 0.15) is 17.5 Å². The Hall–Kier alpha value is -1.75. The Labute approximate surface area is 123 Å². The molecule has 20 heavy (non-hydrogen) atoms. The Kier molecular flexibility index (Phi) is 6.87. The lowest BCUT2D eigenvalue weighted by Gasteiger charge is -2.12. The molecule has 0 spiro atoms. The van der Waals surface area contributed by atoms with Crippen LogP contribution in [0, 0.1) is 6.92 Å². The maximum absolute atomic E-state index is 11.7. The first-order valence-corrected chi connectivity index (χ1v) is 7.69. The van der Waals surface area contributed by atoms with E-state index in [-0.39, 0.29) is 5.91 Å². The number of carbonyl (C=O) groups is 2. The maximum atomic E-state index is 11.7. The van der Waals surface area contributed by atoms with Gasteiger partial charge in [0.1, 0.15) is 6.04 Å². The van der Waals surface area contributed by atoms with E-state index in [1.807, 2.05) is 37.4 Å². The summed E-state index contributed by atoms with van der Waals surface area (Å²) >= 11 is 1.55. The van der Waals surface area contributed by atoms with E-state index in [1.165, 1.54) is 6.08 Å². The van der Waals surface area contributed by atoms with Crippen LogP contribution in [0.4, 0.5) is 0 Å². The SMILES string of the molecule is CSCCC(NC(=O)/C=C/c1ccc(C)cc1)C(=O)O. The molecule has 5 heteroatoms. The van der Waals surface area contributed by atoms with Gasteiger partial charge in [-0.05, 0) is 37.0 Å². The van der Waals surface area contributed by atoms with Gasteiger partial charge in [0, 0.05) is 6.08 Å². The van der Waals surface area contributed by atoms with Gasteiger partial charge in [-0.25, -0.2) is 4.79 Å². The van der Waals surface area contributed by atoms with E-state index in [2.05, 4.69) is 5.32 Å². The average Bonchev–Trinajstić information content (AvgIpc) is 2.42. The normalized spacial score (nSPS) is 12.3. The monoisotopic (exact) mass is 293 g/mol. The Bertz CT molecular complexity index is 482. The molecular formula is C15H19NO3S. The first-order chi connectivity index (χ1) is 9.52. The fraction of sp³-hybridized carbons (Fsp3) is 0.333. The highest BCUT2D eigenvalue weighted by molar-refractivity contribution is 7.98. The van der Waals surface area contributed by atoms with Crippen LogP contribution in [0.3, 0.4) is 0 Å². The molecule has 0 aliphatic carbocycles. The van der Waals surface area contributed by atoms with E-state index in [1.54, 1.807) is 17.8 Å². The summed E-state index contributed by atoms with van der Waals surface area (Å²) in [7, 11) is 0. The van der Waals surface area contributed by atoms with Gasteiger partial charge in [0.2, 0.25) is 5.91 Å². The third kappa shape index (κ3) is 5.93. The van der Waals surface area contributed by atoms with E-state index >= 15 is 0 Å². The molecule has 1 unspecified atom stereocenters. The highest BCUT2D eigenvalue weighted by Gasteiger charge is 2.17. The van der Waals surface area contributed by atoms with Crippen molar-refractivity contribution in [2.45, 2.75) is 19.4 Å².